The maximum Gasteiger partial charge on any atom is 0.248 e. The SMILES string of the molecule is CCCCCCCCC1(CCCCCCCC)c2cc(-c3nnc(C=C4C(=O)c5ccccc5C4=O)o3)ccc2-c2ccc(-c3nnc(/C=C4\C(=O)C5=C(C4=O)C(C)CC=C5)o3)cc21. The van der Waals surface area contributed by atoms with Gasteiger partial charge in [0.1, 0.15) is 0 Å². The Bertz CT molecular complexity index is 2740. The van der Waals surface area contributed by atoms with Gasteiger partial charge >= 0.3 is 0 Å². The highest BCUT2D eigenvalue weighted by Crippen LogP contribution is 2.56. The zero-order valence-corrected chi connectivity index (χ0v) is 37.0. The Hall–Kier alpha value is -6.42. The summed E-state index contributed by atoms with van der Waals surface area (Å²) >= 11 is 0. The van der Waals surface area contributed by atoms with Gasteiger partial charge in [-0.3, -0.25) is 19.2 Å². The molecule has 2 aromatic heterocycles. The van der Waals surface area contributed by atoms with Gasteiger partial charge in [-0.2, -0.15) is 0 Å². The van der Waals surface area contributed by atoms with Gasteiger partial charge in [0.25, 0.3) is 0 Å². The molecule has 4 aliphatic rings. The zero-order chi connectivity index (χ0) is 44.4. The van der Waals surface area contributed by atoms with Crippen LogP contribution in [0.25, 0.3) is 46.2 Å². The van der Waals surface area contributed by atoms with Crippen LogP contribution < -0.4 is 0 Å². The molecule has 5 aromatic rings. The lowest BCUT2D eigenvalue weighted by atomic mass is 9.70. The van der Waals surface area contributed by atoms with Crippen LogP contribution in [0.4, 0.5) is 0 Å². The third kappa shape index (κ3) is 7.92. The average molecular weight is 855 g/mol. The third-order valence-electron chi connectivity index (χ3n) is 13.6. The number of fused-ring (bicyclic) bond motifs is 4. The highest BCUT2D eigenvalue weighted by molar-refractivity contribution is 6.41. The van der Waals surface area contributed by atoms with Gasteiger partial charge in [0.15, 0.2) is 23.1 Å². The van der Waals surface area contributed by atoms with E-state index >= 15 is 0 Å². The van der Waals surface area contributed by atoms with E-state index in [0.29, 0.717) is 34.1 Å². The minimum absolute atomic E-state index is 0.0156. The maximum atomic E-state index is 13.4. The third-order valence-corrected chi connectivity index (χ3v) is 13.6. The smallest absolute Gasteiger partial charge is 0.248 e. The molecule has 326 valence electrons. The molecule has 0 amide bonds. The predicted octanol–water partition coefficient (Wildman–Crippen LogP) is 12.4. The first-order valence-electron chi connectivity index (χ1n) is 23.3. The van der Waals surface area contributed by atoms with Gasteiger partial charge in [0.05, 0.1) is 11.1 Å². The van der Waals surface area contributed by atoms with Crippen LogP contribution in [0.2, 0.25) is 0 Å². The molecule has 10 nitrogen and oxygen atoms in total. The fraction of sp³-hybridized carbons (Fsp3) is 0.370. The Morgan fingerprint density at radius 1 is 0.578 bits per heavy atom. The fourth-order valence-corrected chi connectivity index (χ4v) is 10.2. The molecule has 64 heavy (non-hydrogen) atoms. The van der Waals surface area contributed by atoms with Crippen molar-refractivity contribution >= 4 is 35.3 Å². The Balaban J connectivity index is 1.07. The van der Waals surface area contributed by atoms with Crippen molar-refractivity contribution in [1.29, 1.82) is 0 Å². The maximum absolute atomic E-state index is 13.4. The van der Waals surface area contributed by atoms with E-state index in [0.717, 1.165) is 67.2 Å². The molecule has 0 radical (unpaired) electrons. The number of allylic oxidation sites excluding steroid dienone is 6. The van der Waals surface area contributed by atoms with Crippen molar-refractivity contribution in [3.8, 4) is 34.0 Å². The Kier molecular flexibility index (Phi) is 12.3. The Labute approximate surface area is 374 Å². The number of hydrogen-bond acceptors (Lipinski definition) is 10. The van der Waals surface area contributed by atoms with E-state index in [2.05, 4.69) is 58.5 Å². The summed E-state index contributed by atoms with van der Waals surface area (Å²) in [4.78, 5) is 53.0. The van der Waals surface area contributed by atoms with Crippen molar-refractivity contribution in [2.24, 2.45) is 5.92 Å². The minimum atomic E-state index is -0.347. The first-order valence-corrected chi connectivity index (χ1v) is 23.3. The molecular weight excluding hydrogens is 801 g/mol. The van der Waals surface area contributed by atoms with Crippen molar-refractivity contribution in [2.75, 3.05) is 0 Å². The number of aromatic nitrogens is 4. The van der Waals surface area contributed by atoms with Crippen molar-refractivity contribution in [2.45, 2.75) is 122 Å². The molecule has 0 fully saturated rings. The van der Waals surface area contributed by atoms with Crippen LogP contribution >= 0.6 is 0 Å². The average Bonchev–Trinajstić information content (AvgIpc) is 4.13. The molecule has 0 spiro atoms. The molecule has 2 heterocycles. The van der Waals surface area contributed by atoms with Crippen LogP contribution in [0.15, 0.2) is 104 Å². The molecule has 0 saturated carbocycles. The van der Waals surface area contributed by atoms with Crippen LogP contribution in [0, 0.1) is 5.92 Å². The first kappa shape index (κ1) is 42.9. The number of unbranched alkanes of at least 4 members (excludes halogenated alkanes) is 10. The van der Waals surface area contributed by atoms with Gasteiger partial charge in [-0.1, -0.05) is 146 Å². The molecule has 9 rings (SSSR count). The number of benzene rings is 3. The minimum Gasteiger partial charge on any atom is -0.417 e. The van der Waals surface area contributed by atoms with Crippen LogP contribution in [-0.2, 0) is 15.0 Å². The largest absolute Gasteiger partial charge is 0.417 e. The second-order valence-electron chi connectivity index (χ2n) is 17.9. The van der Waals surface area contributed by atoms with Crippen molar-refractivity contribution < 1.29 is 28.0 Å². The molecule has 10 heteroatoms. The summed E-state index contributed by atoms with van der Waals surface area (Å²) in [5.74, 6) is -0.452. The van der Waals surface area contributed by atoms with Crippen LogP contribution in [0.3, 0.4) is 0 Å². The molecule has 4 aliphatic carbocycles. The molecule has 0 aliphatic heterocycles. The van der Waals surface area contributed by atoms with Gasteiger partial charge in [-0.15, -0.1) is 20.4 Å². The van der Waals surface area contributed by atoms with E-state index in [1.54, 1.807) is 30.3 Å². The number of hydrogen-bond donors (Lipinski definition) is 0. The summed E-state index contributed by atoms with van der Waals surface area (Å²) in [7, 11) is 0. The molecule has 0 saturated heterocycles. The van der Waals surface area contributed by atoms with Crippen molar-refractivity contribution in [1.82, 2.24) is 20.4 Å². The summed E-state index contributed by atoms with van der Waals surface area (Å²) < 4.78 is 12.4. The van der Waals surface area contributed by atoms with Gasteiger partial charge < -0.3 is 8.83 Å². The zero-order valence-electron chi connectivity index (χ0n) is 37.0. The van der Waals surface area contributed by atoms with E-state index in [9.17, 15) is 19.2 Å². The number of ketones is 4. The quantitative estimate of drug-likeness (QED) is 0.0474. The number of Topliss-reactive ketones (excluding diaryl/α,β-unsaturated/α-hetero) is 4. The molecule has 0 N–H and O–H groups in total. The number of rotatable bonds is 18. The van der Waals surface area contributed by atoms with Crippen LogP contribution in [-0.4, -0.2) is 43.5 Å². The van der Waals surface area contributed by atoms with E-state index in [-0.39, 0.29) is 57.4 Å². The van der Waals surface area contributed by atoms with Gasteiger partial charge in [0.2, 0.25) is 23.6 Å². The fourth-order valence-electron chi connectivity index (χ4n) is 10.2. The van der Waals surface area contributed by atoms with E-state index in [1.165, 1.54) is 74.6 Å². The summed E-state index contributed by atoms with van der Waals surface area (Å²) in [6.07, 6.45) is 23.2. The second kappa shape index (κ2) is 18.4. The topological polar surface area (TPSA) is 146 Å². The van der Waals surface area contributed by atoms with E-state index in [4.69, 9.17) is 8.83 Å². The van der Waals surface area contributed by atoms with Crippen LogP contribution in [0.5, 0.6) is 0 Å². The number of carbonyl (C=O) groups is 4. The molecule has 1 unspecified atom stereocenters. The summed E-state index contributed by atoms with van der Waals surface area (Å²) in [6.45, 7) is 6.45. The first-order chi connectivity index (χ1) is 31.2. The van der Waals surface area contributed by atoms with E-state index < -0.39 is 0 Å². The van der Waals surface area contributed by atoms with Gasteiger partial charge in [-0.05, 0) is 71.7 Å². The standard InChI is InChI=1S/C54H54N4O6/c1-4-6-8-10-12-16-27-54(28-17-13-11-9-7-5-2)43-29-34(52-57-55-45(63-52)31-41-48(59)38-20-14-15-21-39(38)49(41)60)23-25-36(43)37-26-24-35(30-44(37)54)53-58-56-46(64-53)32-42-50(61)40-22-18-19-33(3)47(40)51(42)62/h14-15,18,20-26,29-33H,4-13,16-17,19,27-28H2,1-3H3/b42-32+. The lowest BCUT2D eigenvalue weighted by Gasteiger charge is -2.33. The Morgan fingerprint density at radius 3 is 1.56 bits per heavy atom. The van der Waals surface area contributed by atoms with Crippen LogP contribution in [0.1, 0.15) is 161 Å². The molecule has 0 bridgehead atoms. The predicted molar refractivity (Wildman–Crippen MR) is 246 cm³/mol. The highest BCUT2D eigenvalue weighted by atomic mass is 16.4. The van der Waals surface area contributed by atoms with Gasteiger partial charge in [0, 0.05) is 51.0 Å². The molecular formula is C54H54N4O6. The lowest BCUT2D eigenvalue weighted by Crippen LogP contribution is -2.25. The van der Waals surface area contributed by atoms with E-state index in [1.807, 2.05) is 25.1 Å². The monoisotopic (exact) mass is 854 g/mol. The Morgan fingerprint density at radius 2 is 1.06 bits per heavy atom. The normalized spacial score (nSPS) is 17.8. The highest BCUT2D eigenvalue weighted by Gasteiger charge is 2.43. The lowest BCUT2D eigenvalue weighted by molar-refractivity contribution is -0.115. The van der Waals surface area contributed by atoms with Crippen molar-refractivity contribution in [3.63, 3.8) is 0 Å². The van der Waals surface area contributed by atoms with Gasteiger partial charge in [-0.25, -0.2) is 0 Å². The molecule has 3 aromatic carbocycles. The number of nitrogens with zero attached hydrogens (tertiary/aromatic N) is 4. The second-order valence-corrected chi connectivity index (χ2v) is 17.9. The van der Waals surface area contributed by atoms with Crippen molar-refractivity contribution in [3.05, 3.63) is 129 Å². The summed E-state index contributed by atoms with van der Waals surface area (Å²) in [6, 6.07) is 19.5. The molecule has 1 atom stereocenters. The summed E-state index contributed by atoms with van der Waals surface area (Å²) in [5.41, 5.74) is 7.78. The summed E-state index contributed by atoms with van der Waals surface area (Å²) in [5, 5.41) is 17.4. The number of carbonyl (C=O) groups excluding carboxylic acids is 4.